The summed E-state index contributed by atoms with van der Waals surface area (Å²) in [6.45, 7) is 7.35. The molecule has 1 aliphatic carbocycles. The van der Waals surface area contributed by atoms with Gasteiger partial charge in [-0.1, -0.05) is 27.2 Å². The molecule has 1 aliphatic rings. The zero-order valence-corrected chi connectivity index (χ0v) is 13.9. The van der Waals surface area contributed by atoms with Gasteiger partial charge in [0.15, 0.2) is 0 Å². The molecule has 0 radical (unpaired) electrons. The van der Waals surface area contributed by atoms with E-state index in [1.165, 1.54) is 5.75 Å². The summed E-state index contributed by atoms with van der Waals surface area (Å²) in [5.74, 6) is 3.01. The van der Waals surface area contributed by atoms with E-state index in [9.17, 15) is 9.90 Å². The molecule has 0 heterocycles. The van der Waals surface area contributed by atoms with Crippen molar-refractivity contribution in [3.8, 4) is 0 Å². The Kier molecular flexibility index (Phi) is 7.74. The maximum absolute atomic E-state index is 11.8. The number of hydrogen-bond donors (Lipinski definition) is 3. The van der Waals surface area contributed by atoms with Gasteiger partial charge in [0.05, 0.1) is 6.61 Å². The fraction of sp³-hybridized carbons (Fsp3) is 0.933. The zero-order chi connectivity index (χ0) is 15.0. The molecular formula is C15H30N2O2S. The largest absolute Gasteiger partial charge is 0.396 e. The molecule has 0 aromatic rings. The topological polar surface area (TPSA) is 61.4 Å². The SMILES string of the molecule is CC(C)CSCCCNC(=O)NC1CCCC1(C)CO. The summed E-state index contributed by atoms with van der Waals surface area (Å²) in [7, 11) is 0. The first kappa shape index (κ1) is 17.6. The number of aliphatic hydroxyl groups is 1. The number of nitrogens with one attached hydrogen (secondary N) is 2. The second kappa shape index (κ2) is 8.78. The third-order valence-corrected chi connectivity index (χ3v) is 5.43. The van der Waals surface area contributed by atoms with E-state index >= 15 is 0 Å². The van der Waals surface area contributed by atoms with Crippen molar-refractivity contribution < 1.29 is 9.90 Å². The Hall–Kier alpha value is -0.420. The van der Waals surface area contributed by atoms with Crippen molar-refractivity contribution in [1.82, 2.24) is 10.6 Å². The molecule has 5 heteroatoms. The monoisotopic (exact) mass is 302 g/mol. The van der Waals surface area contributed by atoms with Crippen LogP contribution in [0, 0.1) is 11.3 Å². The van der Waals surface area contributed by atoms with Crippen LogP contribution < -0.4 is 10.6 Å². The van der Waals surface area contributed by atoms with Gasteiger partial charge in [0, 0.05) is 18.0 Å². The van der Waals surface area contributed by atoms with E-state index in [0.29, 0.717) is 0 Å². The third kappa shape index (κ3) is 5.92. The molecule has 0 aliphatic heterocycles. The van der Waals surface area contributed by atoms with E-state index in [-0.39, 0.29) is 24.1 Å². The molecule has 2 unspecified atom stereocenters. The Morgan fingerprint density at radius 3 is 2.90 bits per heavy atom. The predicted octanol–water partition coefficient (Wildman–Crippen LogP) is 2.62. The minimum Gasteiger partial charge on any atom is -0.396 e. The van der Waals surface area contributed by atoms with Gasteiger partial charge in [-0.3, -0.25) is 0 Å². The van der Waals surface area contributed by atoms with Gasteiger partial charge in [-0.15, -0.1) is 0 Å². The summed E-state index contributed by atoms with van der Waals surface area (Å²) in [4.78, 5) is 11.8. The van der Waals surface area contributed by atoms with Gasteiger partial charge in [0.2, 0.25) is 0 Å². The van der Waals surface area contributed by atoms with Crippen LogP contribution >= 0.6 is 11.8 Å². The molecule has 0 aromatic carbocycles. The van der Waals surface area contributed by atoms with Crippen molar-refractivity contribution in [3.63, 3.8) is 0 Å². The fourth-order valence-corrected chi connectivity index (χ4v) is 3.56. The van der Waals surface area contributed by atoms with E-state index in [1.54, 1.807) is 0 Å². The van der Waals surface area contributed by atoms with Crippen molar-refractivity contribution in [2.75, 3.05) is 24.7 Å². The maximum atomic E-state index is 11.8. The number of carbonyl (C=O) groups is 1. The molecule has 4 nitrogen and oxygen atoms in total. The van der Waals surface area contributed by atoms with Crippen LogP contribution in [0.2, 0.25) is 0 Å². The average molecular weight is 302 g/mol. The van der Waals surface area contributed by atoms with Crippen LogP contribution in [-0.2, 0) is 0 Å². The highest BCUT2D eigenvalue weighted by Crippen LogP contribution is 2.37. The molecule has 0 saturated heterocycles. The molecule has 3 N–H and O–H groups in total. The lowest BCUT2D eigenvalue weighted by Crippen LogP contribution is -2.48. The molecule has 2 amide bonds. The Bertz CT molecular complexity index is 300. The van der Waals surface area contributed by atoms with Crippen molar-refractivity contribution in [2.24, 2.45) is 11.3 Å². The van der Waals surface area contributed by atoms with Gasteiger partial charge in [-0.2, -0.15) is 11.8 Å². The molecule has 118 valence electrons. The summed E-state index contributed by atoms with van der Waals surface area (Å²) in [6, 6.07) is 0.00764. The molecule has 0 bridgehead atoms. The Morgan fingerprint density at radius 2 is 2.25 bits per heavy atom. The number of rotatable bonds is 8. The molecule has 0 aromatic heterocycles. The van der Waals surface area contributed by atoms with Crippen molar-refractivity contribution in [2.45, 2.75) is 52.5 Å². The summed E-state index contributed by atoms with van der Waals surface area (Å²) in [6.07, 6.45) is 4.04. The minimum absolute atomic E-state index is 0.0922. The van der Waals surface area contributed by atoms with Crippen molar-refractivity contribution >= 4 is 17.8 Å². The summed E-state index contributed by atoms with van der Waals surface area (Å²) >= 11 is 1.94. The lowest BCUT2D eigenvalue weighted by atomic mass is 9.86. The normalized spacial score (nSPS) is 25.9. The van der Waals surface area contributed by atoms with Gasteiger partial charge in [-0.25, -0.2) is 4.79 Å². The third-order valence-electron chi connectivity index (χ3n) is 3.95. The second-order valence-electron chi connectivity index (χ2n) is 6.48. The Morgan fingerprint density at radius 1 is 1.50 bits per heavy atom. The van der Waals surface area contributed by atoms with Crippen LogP contribution in [0.15, 0.2) is 0 Å². The first-order chi connectivity index (χ1) is 9.48. The fourth-order valence-electron chi connectivity index (χ4n) is 2.57. The first-order valence-corrected chi connectivity index (χ1v) is 8.86. The molecular weight excluding hydrogens is 272 g/mol. The lowest BCUT2D eigenvalue weighted by Gasteiger charge is -2.30. The van der Waals surface area contributed by atoms with Gasteiger partial charge < -0.3 is 15.7 Å². The number of hydrogen-bond acceptors (Lipinski definition) is 3. The maximum Gasteiger partial charge on any atom is 0.315 e. The molecule has 20 heavy (non-hydrogen) atoms. The van der Waals surface area contributed by atoms with Crippen molar-refractivity contribution in [3.05, 3.63) is 0 Å². The van der Waals surface area contributed by atoms with E-state index in [0.717, 1.165) is 43.9 Å². The summed E-state index contributed by atoms with van der Waals surface area (Å²) in [5, 5.41) is 15.4. The van der Waals surface area contributed by atoms with E-state index in [4.69, 9.17) is 0 Å². The summed E-state index contributed by atoms with van der Waals surface area (Å²) < 4.78 is 0. The molecule has 0 spiro atoms. The van der Waals surface area contributed by atoms with Crippen LogP contribution in [0.3, 0.4) is 0 Å². The number of urea groups is 1. The smallest absolute Gasteiger partial charge is 0.315 e. The second-order valence-corrected chi connectivity index (χ2v) is 7.63. The highest BCUT2D eigenvalue weighted by atomic mass is 32.2. The van der Waals surface area contributed by atoms with Gasteiger partial charge in [-0.05, 0) is 36.7 Å². The molecule has 1 rings (SSSR count). The standard InChI is InChI=1S/C15H30N2O2S/c1-12(2)10-20-9-5-8-16-14(19)17-13-6-4-7-15(13,3)11-18/h12-13,18H,4-11H2,1-3H3,(H2,16,17,19). The number of amides is 2. The van der Waals surface area contributed by atoms with E-state index < -0.39 is 0 Å². The van der Waals surface area contributed by atoms with Crippen molar-refractivity contribution in [1.29, 1.82) is 0 Å². The van der Waals surface area contributed by atoms with Gasteiger partial charge in [0.25, 0.3) is 0 Å². The molecule has 1 saturated carbocycles. The number of carbonyl (C=O) groups excluding carboxylic acids is 1. The number of aliphatic hydroxyl groups excluding tert-OH is 1. The Balaban J connectivity index is 2.11. The average Bonchev–Trinajstić information content (AvgIpc) is 2.75. The highest BCUT2D eigenvalue weighted by molar-refractivity contribution is 7.99. The molecule has 2 atom stereocenters. The minimum atomic E-state index is -0.148. The van der Waals surface area contributed by atoms with Crippen LogP contribution in [-0.4, -0.2) is 41.8 Å². The lowest BCUT2D eigenvalue weighted by molar-refractivity contribution is 0.121. The molecule has 1 fully saturated rings. The van der Waals surface area contributed by atoms with Crippen LogP contribution in [0.4, 0.5) is 4.79 Å². The van der Waals surface area contributed by atoms with E-state index in [2.05, 4.69) is 24.5 Å². The van der Waals surface area contributed by atoms with Gasteiger partial charge >= 0.3 is 6.03 Å². The van der Waals surface area contributed by atoms with Crippen LogP contribution in [0.5, 0.6) is 0 Å². The highest BCUT2D eigenvalue weighted by Gasteiger charge is 2.38. The van der Waals surface area contributed by atoms with Gasteiger partial charge in [0.1, 0.15) is 0 Å². The quantitative estimate of drug-likeness (QED) is 0.604. The van der Waals surface area contributed by atoms with E-state index in [1.807, 2.05) is 18.7 Å². The van der Waals surface area contributed by atoms with Crippen LogP contribution in [0.1, 0.15) is 46.5 Å². The first-order valence-electron chi connectivity index (χ1n) is 7.71. The Labute approximate surface area is 127 Å². The zero-order valence-electron chi connectivity index (χ0n) is 13.1. The number of thioether (sulfide) groups is 1. The summed E-state index contributed by atoms with van der Waals surface area (Å²) in [5.41, 5.74) is -0.148. The van der Waals surface area contributed by atoms with Crippen LogP contribution in [0.25, 0.3) is 0 Å². The predicted molar refractivity (Wildman–Crippen MR) is 86.1 cm³/mol.